The Morgan fingerprint density at radius 2 is 1.63 bits per heavy atom. The molecule has 5 heteroatoms. The standard InChI is InChI=1S/C14H13NO3S/c1-10-3-6-13(7-4-10)19(17,18)15-14-8-5-12(16)9-11(14)2/h3-9H,1-2H3. The van der Waals surface area contributed by atoms with E-state index >= 15 is 0 Å². The molecule has 1 aliphatic rings. The summed E-state index contributed by atoms with van der Waals surface area (Å²) in [5.74, 6) is -0.163. The van der Waals surface area contributed by atoms with Gasteiger partial charge < -0.3 is 0 Å². The molecule has 0 N–H and O–H groups in total. The Kier molecular flexibility index (Phi) is 3.48. The second-order valence-corrected chi connectivity index (χ2v) is 5.93. The second-order valence-electron chi connectivity index (χ2n) is 4.33. The monoisotopic (exact) mass is 275 g/mol. The Morgan fingerprint density at radius 1 is 1.00 bits per heavy atom. The Hall–Kier alpha value is -2.01. The van der Waals surface area contributed by atoms with Gasteiger partial charge in [0.15, 0.2) is 5.78 Å². The van der Waals surface area contributed by atoms with Crippen LogP contribution in [-0.2, 0) is 14.8 Å². The lowest BCUT2D eigenvalue weighted by Crippen LogP contribution is -2.09. The molecular formula is C14H13NO3S. The van der Waals surface area contributed by atoms with Crippen LogP contribution >= 0.6 is 0 Å². The van der Waals surface area contributed by atoms with Crippen molar-refractivity contribution >= 4 is 21.5 Å². The van der Waals surface area contributed by atoms with Crippen molar-refractivity contribution in [2.75, 3.05) is 0 Å². The van der Waals surface area contributed by atoms with Crippen LogP contribution in [0.4, 0.5) is 0 Å². The largest absolute Gasteiger partial charge is 0.290 e. The topological polar surface area (TPSA) is 63.6 Å². The molecule has 0 unspecified atom stereocenters. The Bertz CT molecular complexity index is 708. The van der Waals surface area contributed by atoms with Gasteiger partial charge in [0.05, 0.1) is 10.6 Å². The van der Waals surface area contributed by atoms with E-state index in [1.165, 1.54) is 30.4 Å². The molecule has 4 nitrogen and oxygen atoms in total. The minimum absolute atomic E-state index is 0.142. The first kappa shape index (κ1) is 13.4. The van der Waals surface area contributed by atoms with E-state index in [1.807, 2.05) is 6.92 Å². The molecule has 0 aliphatic heterocycles. The normalized spacial score (nSPS) is 17.7. The van der Waals surface area contributed by atoms with Crippen molar-refractivity contribution in [3.8, 4) is 0 Å². The van der Waals surface area contributed by atoms with Crippen molar-refractivity contribution < 1.29 is 13.2 Å². The molecular weight excluding hydrogens is 262 g/mol. The molecule has 0 saturated heterocycles. The fraction of sp³-hybridized carbons (Fsp3) is 0.143. The number of hydrogen-bond donors (Lipinski definition) is 0. The third-order valence-electron chi connectivity index (χ3n) is 2.71. The molecule has 0 saturated carbocycles. The molecule has 0 bridgehead atoms. The van der Waals surface area contributed by atoms with E-state index in [1.54, 1.807) is 19.1 Å². The quantitative estimate of drug-likeness (QED) is 0.777. The van der Waals surface area contributed by atoms with Gasteiger partial charge in [-0.05, 0) is 49.8 Å². The molecule has 0 atom stereocenters. The average Bonchev–Trinajstić information content (AvgIpc) is 2.33. The first-order valence-corrected chi connectivity index (χ1v) is 7.15. The van der Waals surface area contributed by atoms with E-state index in [9.17, 15) is 13.2 Å². The third kappa shape index (κ3) is 3.06. The summed E-state index contributed by atoms with van der Waals surface area (Å²) in [6, 6.07) is 6.48. The summed E-state index contributed by atoms with van der Waals surface area (Å²) in [6.07, 6.45) is 4.09. The van der Waals surface area contributed by atoms with E-state index in [0.717, 1.165) is 5.56 Å². The minimum atomic E-state index is -3.74. The van der Waals surface area contributed by atoms with Gasteiger partial charge in [0, 0.05) is 0 Å². The number of benzene rings is 1. The van der Waals surface area contributed by atoms with Crippen LogP contribution in [0.15, 0.2) is 57.4 Å². The number of hydrogen-bond acceptors (Lipinski definition) is 3. The predicted molar refractivity (Wildman–Crippen MR) is 73.7 cm³/mol. The van der Waals surface area contributed by atoms with Crippen LogP contribution in [0.3, 0.4) is 0 Å². The summed E-state index contributed by atoms with van der Waals surface area (Å²) in [5, 5.41) is 0. The van der Waals surface area contributed by atoms with Crippen molar-refractivity contribution in [2.45, 2.75) is 18.7 Å². The number of nitrogens with zero attached hydrogens (tertiary/aromatic N) is 1. The van der Waals surface area contributed by atoms with E-state index in [-0.39, 0.29) is 10.7 Å². The van der Waals surface area contributed by atoms with Gasteiger partial charge in [-0.3, -0.25) is 4.79 Å². The highest BCUT2D eigenvalue weighted by Crippen LogP contribution is 2.16. The lowest BCUT2D eigenvalue weighted by atomic mass is 10.1. The van der Waals surface area contributed by atoms with Crippen LogP contribution in [0, 0.1) is 6.92 Å². The number of sulfonamides is 1. The molecule has 98 valence electrons. The fourth-order valence-electron chi connectivity index (χ4n) is 1.62. The molecule has 1 aromatic carbocycles. The van der Waals surface area contributed by atoms with Crippen molar-refractivity contribution in [1.29, 1.82) is 0 Å². The van der Waals surface area contributed by atoms with Gasteiger partial charge in [-0.1, -0.05) is 17.7 Å². The van der Waals surface area contributed by atoms with Crippen molar-refractivity contribution in [3.05, 3.63) is 53.6 Å². The highest BCUT2D eigenvalue weighted by molar-refractivity contribution is 7.90. The maximum Gasteiger partial charge on any atom is 0.282 e. The van der Waals surface area contributed by atoms with Crippen LogP contribution in [0.5, 0.6) is 0 Å². The second kappa shape index (κ2) is 4.93. The first-order valence-electron chi connectivity index (χ1n) is 5.71. The summed E-state index contributed by atoms with van der Waals surface area (Å²) in [7, 11) is -3.74. The molecule has 0 heterocycles. The lowest BCUT2D eigenvalue weighted by molar-refractivity contribution is -0.110. The number of allylic oxidation sites excluding steroid dienone is 4. The Morgan fingerprint density at radius 3 is 2.21 bits per heavy atom. The minimum Gasteiger partial charge on any atom is -0.290 e. The SMILES string of the molecule is CC1=CC(=O)C=CC1=NS(=O)(=O)c1ccc(C)cc1. The highest BCUT2D eigenvalue weighted by Gasteiger charge is 2.15. The van der Waals surface area contributed by atoms with E-state index in [2.05, 4.69) is 4.40 Å². The molecule has 0 amide bonds. The zero-order valence-corrected chi connectivity index (χ0v) is 11.4. The van der Waals surface area contributed by atoms with Gasteiger partial charge in [-0.25, -0.2) is 0 Å². The molecule has 19 heavy (non-hydrogen) atoms. The average molecular weight is 275 g/mol. The lowest BCUT2D eigenvalue weighted by Gasteiger charge is -2.06. The summed E-state index contributed by atoms with van der Waals surface area (Å²) in [4.78, 5) is 11.3. The zero-order chi connectivity index (χ0) is 14.0. The number of carbonyl (C=O) groups excluding carboxylic acids is 1. The number of ketones is 1. The van der Waals surface area contributed by atoms with Crippen molar-refractivity contribution in [1.82, 2.24) is 0 Å². The molecule has 1 aromatic rings. The summed E-state index contributed by atoms with van der Waals surface area (Å²) in [5.41, 5.74) is 1.81. The van der Waals surface area contributed by atoms with Crippen molar-refractivity contribution in [3.63, 3.8) is 0 Å². The fourth-order valence-corrected chi connectivity index (χ4v) is 2.67. The molecule has 1 aliphatic carbocycles. The maximum absolute atomic E-state index is 12.1. The third-order valence-corrected chi connectivity index (χ3v) is 4.01. The highest BCUT2D eigenvalue weighted by atomic mass is 32.2. The number of carbonyl (C=O) groups is 1. The summed E-state index contributed by atoms with van der Waals surface area (Å²) >= 11 is 0. The van der Waals surface area contributed by atoms with Crippen LogP contribution < -0.4 is 0 Å². The van der Waals surface area contributed by atoms with E-state index in [0.29, 0.717) is 11.3 Å². The number of aryl methyl sites for hydroxylation is 1. The van der Waals surface area contributed by atoms with E-state index < -0.39 is 10.0 Å². The van der Waals surface area contributed by atoms with Gasteiger partial charge in [0.1, 0.15) is 0 Å². The summed E-state index contributed by atoms with van der Waals surface area (Å²) < 4.78 is 28.0. The van der Waals surface area contributed by atoms with Gasteiger partial charge in [-0.2, -0.15) is 12.8 Å². The molecule has 2 rings (SSSR count). The molecule has 0 radical (unpaired) electrons. The van der Waals surface area contributed by atoms with Crippen molar-refractivity contribution in [2.24, 2.45) is 4.40 Å². The smallest absolute Gasteiger partial charge is 0.282 e. The van der Waals surface area contributed by atoms with E-state index in [4.69, 9.17) is 0 Å². The van der Waals surface area contributed by atoms with Gasteiger partial charge >= 0.3 is 0 Å². The Labute approximate surface area is 112 Å². The van der Waals surface area contributed by atoms with Gasteiger partial charge in [0.25, 0.3) is 10.0 Å². The van der Waals surface area contributed by atoms with Gasteiger partial charge in [0.2, 0.25) is 0 Å². The maximum atomic E-state index is 12.1. The van der Waals surface area contributed by atoms with Crippen LogP contribution in [0.25, 0.3) is 0 Å². The van der Waals surface area contributed by atoms with Gasteiger partial charge in [-0.15, -0.1) is 0 Å². The van der Waals surface area contributed by atoms with Crippen LogP contribution in [0.1, 0.15) is 12.5 Å². The molecule has 0 spiro atoms. The molecule has 0 fully saturated rings. The first-order chi connectivity index (χ1) is 8.88. The number of rotatable bonds is 2. The van der Waals surface area contributed by atoms with Crippen LogP contribution in [-0.4, -0.2) is 19.9 Å². The Balaban J connectivity index is 2.42. The zero-order valence-electron chi connectivity index (χ0n) is 10.6. The molecule has 0 aromatic heterocycles. The predicted octanol–water partition coefficient (Wildman–Crippen LogP) is 2.21. The van der Waals surface area contributed by atoms with Crippen LogP contribution in [0.2, 0.25) is 0 Å². The summed E-state index contributed by atoms with van der Waals surface area (Å²) in [6.45, 7) is 3.54.